The third-order valence-corrected chi connectivity index (χ3v) is 7.02. The highest BCUT2D eigenvalue weighted by atomic mass is 32.2. The minimum Gasteiger partial charge on any atom is -0.495 e. The van der Waals surface area contributed by atoms with Crippen molar-refractivity contribution in [2.45, 2.75) is 31.2 Å². The molecule has 3 aromatic heterocycles. The van der Waals surface area contributed by atoms with Gasteiger partial charge in [0.15, 0.2) is 11.0 Å². The molecule has 166 valence electrons. The van der Waals surface area contributed by atoms with E-state index in [4.69, 9.17) is 4.74 Å². The van der Waals surface area contributed by atoms with Gasteiger partial charge in [0.25, 0.3) is 0 Å². The number of anilines is 1. The van der Waals surface area contributed by atoms with Crippen LogP contribution in [0.3, 0.4) is 0 Å². The molecule has 3 heterocycles. The van der Waals surface area contributed by atoms with Gasteiger partial charge in [0, 0.05) is 7.05 Å². The molecule has 0 spiro atoms. The van der Waals surface area contributed by atoms with E-state index in [1.165, 1.54) is 11.8 Å². The van der Waals surface area contributed by atoms with Gasteiger partial charge in [-0.1, -0.05) is 30.0 Å². The van der Waals surface area contributed by atoms with Crippen molar-refractivity contribution in [3.8, 4) is 22.1 Å². The van der Waals surface area contributed by atoms with Crippen LogP contribution in [0.25, 0.3) is 16.4 Å². The summed E-state index contributed by atoms with van der Waals surface area (Å²) in [6, 6.07) is 11.7. The second-order valence-corrected chi connectivity index (χ2v) is 9.47. The highest BCUT2D eigenvalue weighted by Gasteiger charge is 2.24. The molecule has 0 aliphatic carbocycles. The maximum absolute atomic E-state index is 13.0. The number of aromatic nitrogens is 5. The average molecular weight is 469 g/mol. The molecule has 4 rings (SSSR count). The lowest BCUT2D eigenvalue weighted by Gasteiger charge is -2.15. The molecule has 0 saturated carbocycles. The highest BCUT2D eigenvalue weighted by molar-refractivity contribution is 8.00. The van der Waals surface area contributed by atoms with Crippen LogP contribution in [-0.4, -0.2) is 42.8 Å². The van der Waals surface area contributed by atoms with Gasteiger partial charge in [-0.05, 0) is 44.4 Å². The normalized spacial score (nSPS) is 12.0. The van der Waals surface area contributed by atoms with Gasteiger partial charge in [-0.2, -0.15) is 5.10 Å². The van der Waals surface area contributed by atoms with Crippen molar-refractivity contribution in [2.75, 3.05) is 12.4 Å². The maximum Gasteiger partial charge on any atom is 0.237 e. The molecule has 10 heteroatoms. The number of para-hydroxylation sites is 2. The van der Waals surface area contributed by atoms with Crippen molar-refractivity contribution in [1.82, 2.24) is 24.5 Å². The van der Waals surface area contributed by atoms with E-state index < -0.39 is 5.25 Å². The molecule has 1 amide bonds. The number of hydrogen-bond donors (Lipinski definition) is 1. The Morgan fingerprint density at radius 1 is 1.19 bits per heavy atom. The van der Waals surface area contributed by atoms with Crippen LogP contribution in [0.2, 0.25) is 0 Å². The molecule has 8 nitrogen and oxygen atoms in total. The molecular weight excluding hydrogens is 444 g/mol. The van der Waals surface area contributed by atoms with E-state index in [9.17, 15) is 4.79 Å². The summed E-state index contributed by atoms with van der Waals surface area (Å²) in [4.78, 5) is 14.0. The number of rotatable bonds is 7. The van der Waals surface area contributed by atoms with Crippen molar-refractivity contribution in [2.24, 2.45) is 7.05 Å². The zero-order valence-electron chi connectivity index (χ0n) is 18.5. The minimum atomic E-state index is -0.414. The Bertz CT molecular complexity index is 1250. The van der Waals surface area contributed by atoms with E-state index in [1.807, 2.05) is 74.2 Å². The molecule has 1 unspecified atom stereocenters. The van der Waals surface area contributed by atoms with Gasteiger partial charge >= 0.3 is 0 Å². The Hall–Kier alpha value is -3.11. The molecule has 0 bridgehead atoms. The number of thioether (sulfide) groups is 1. The first kappa shape index (κ1) is 22.1. The van der Waals surface area contributed by atoms with Crippen molar-refractivity contribution < 1.29 is 9.53 Å². The number of benzene rings is 1. The summed E-state index contributed by atoms with van der Waals surface area (Å²) in [7, 11) is 3.49. The number of thiophene rings is 1. The lowest BCUT2D eigenvalue weighted by molar-refractivity contribution is -0.115. The fourth-order valence-corrected chi connectivity index (χ4v) is 4.89. The van der Waals surface area contributed by atoms with E-state index in [2.05, 4.69) is 20.6 Å². The van der Waals surface area contributed by atoms with E-state index in [0.29, 0.717) is 16.7 Å². The van der Waals surface area contributed by atoms with Crippen molar-refractivity contribution in [1.29, 1.82) is 0 Å². The van der Waals surface area contributed by atoms with Crippen LogP contribution in [0.1, 0.15) is 18.3 Å². The molecule has 0 aliphatic rings. The summed E-state index contributed by atoms with van der Waals surface area (Å²) in [6.45, 7) is 5.66. The number of methoxy groups -OCH3 is 1. The van der Waals surface area contributed by atoms with Crippen LogP contribution in [0.5, 0.6) is 5.75 Å². The molecular formula is C22H24N6O2S2. The standard InChI is InChI=1S/C22H24N6O2S2/c1-13-19(14(2)27(4)26-13)23-21(29)15(3)32-22-25-24-20(18-11-8-12-31-18)28(22)16-9-6-7-10-17(16)30-5/h6-12,15H,1-5H3,(H,23,29). The summed E-state index contributed by atoms with van der Waals surface area (Å²) in [5.74, 6) is 1.28. The third kappa shape index (κ3) is 4.15. The summed E-state index contributed by atoms with van der Waals surface area (Å²) in [6.07, 6.45) is 0. The van der Waals surface area contributed by atoms with Gasteiger partial charge in [-0.3, -0.25) is 14.0 Å². The summed E-state index contributed by atoms with van der Waals surface area (Å²) >= 11 is 2.93. The zero-order valence-corrected chi connectivity index (χ0v) is 20.1. The Morgan fingerprint density at radius 3 is 2.62 bits per heavy atom. The number of hydrogen-bond acceptors (Lipinski definition) is 7. The van der Waals surface area contributed by atoms with E-state index in [-0.39, 0.29) is 5.91 Å². The number of carbonyl (C=O) groups excluding carboxylic acids is 1. The second-order valence-electron chi connectivity index (χ2n) is 7.21. The highest BCUT2D eigenvalue weighted by Crippen LogP contribution is 2.35. The number of nitrogens with one attached hydrogen (secondary N) is 1. The summed E-state index contributed by atoms with van der Waals surface area (Å²) < 4.78 is 9.29. The Morgan fingerprint density at radius 2 is 1.97 bits per heavy atom. The predicted molar refractivity (Wildman–Crippen MR) is 128 cm³/mol. The fourth-order valence-electron chi connectivity index (χ4n) is 3.33. The van der Waals surface area contributed by atoms with Gasteiger partial charge in [-0.25, -0.2) is 0 Å². The quantitative estimate of drug-likeness (QED) is 0.403. The lowest BCUT2D eigenvalue weighted by atomic mass is 10.3. The first-order chi connectivity index (χ1) is 15.4. The molecule has 4 aromatic rings. The third-order valence-electron chi connectivity index (χ3n) is 5.11. The van der Waals surface area contributed by atoms with Crippen LogP contribution in [-0.2, 0) is 11.8 Å². The van der Waals surface area contributed by atoms with Gasteiger partial charge in [0.2, 0.25) is 5.91 Å². The SMILES string of the molecule is COc1ccccc1-n1c(SC(C)C(=O)Nc2c(C)nn(C)c2C)nnc1-c1cccs1. The summed E-state index contributed by atoms with van der Waals surface area (Å²) in [5, 5.41) is 18.4. The van der Waals surface area contributed by atoms with Crippen molar-refractivity contribution >= 4 is 34.7 Å². The molecule has 0 saturated heterocycles. The van der Waals surface area contributed by atoms with Gasteiger partial charge in [-0.15, -0.1) is 21.5 Å². The molecule has 0 aliphatic heterocycles. The van der Waals surface area contributed by atoms with Gasteiger partial charge in [0.05, 0.1) is 40.0 Å². The van der Waals surface area contributed by atoms with E-state index in [1.54, 1.807) is 23.1 Å². The summed E-state index contributed by atoms with van der Waals surface area (Å²) in [5.41, 5.74) is 3.26. The number of nitrogens with zero attached hydrogens (tertiary/aromatic N) is 5. The van der Waals surface area contributed by atoms with Crippen LogP contribution in [0.4, 0.5) is 5.69 Å². The molecule has 32 heavy (non-hydrogen) atoms. The predicted octanol–water partition coefficient (Wildman–Crippen LogP) is 4.47. The van der Waals surface area contributed by atoms with Crippen LogP contribution in [0.15, 0.2) is 46.9 Å². The van der Waals surface area contributed by atoms with E-state index >= 15 is 0 Å². The fraction of sp³-hybridized carbons (Fsp3) is 0.273. The second kappa shape index (κ2) is 9.17. The molecule has 1 N–H and O–H groups in total. The lowest BCUT2D eigenvalue weighted by Crippen LogP contribution is -2.23. The average Bonchev–Trinajstić information content (AvgIpc) is 3.50. The Kier molecular flexibility index (Phi) is 6.33. The van der Waals surface area contributed by atoms with Crippen LogP contribution in [0, 0.1) is 13.8 Å². The Balaban J connectivity index is 1.67. The van der Waals surface area contributed by atoms with Crippen molar-refractivity contribution in [3.05, 3.63) is 53.2 Å². The van der Waals surface area contributed by atoms with Gasteiger partial charge < -0.3 is 10.1 Å². The van der Waals surface area contributed by atoms with E-state index in [0.717, 1.165) is 27.6 Å². The molecule has 1 atom stereocenters. The monoisotopic (exact) mass is 468 g/mol. The van der Waals surface area contributed by atoms with Crippen LogP contribution >= 0.6 is 23.1 Å². The smallest absolute Gasteiger partial charge is 0.237 e. The molecule has 0 fully saturated rings. The number of carbonyl (C=O) groups is 1. The molecule has 1 aromatic carbocycles. The Labute approximate surface area is 194 Å². The number of amides is 1. The topological polar surface area (TPSA) is 86.9 Å². The first-order valence-corrected chi connectivity index (χ1v) is 11.8. The molecule has 0 radical (unpaired) electrons. The maximum atomic E-state index is 13.0. The van der Waals surface area contributed by atoms with Crippen LogP contribution < -0.4 is 10.1 Å². The minimum absolute atomic E-state index is 0.124. The number of ether oxygens (including phenoxy) is 1. The first-order valence-electron chi connectivity index (χ1n) is 10.0. The number of aryl methyl sites for hydroxylation is 2. The largest absolute Gasteiger partial charge is 0.495 e. The zero-order chi connectivity index (χ0) is 22.8. The van der Waals surface area contributed by atoms with Crippen molar-refractivity contribution in [3.63, 3.8) is 0 Å². The van der Waals surface area contributed by atoms with Gasteiger partial charge in [0.1, 0.15) is 5.75 Å².